The fourth-order valence-corrected chi connectivity index (χ4v) is 2.17. The predicted molar refractivity (Wildman–Crippen MR) is 80.3 cm³/mol. The number of aromatic amines is 1. The number of aromatic nitrogens is 3. The van der Waals surface area contributed by atoms with Crippen LogP contribution in [0.15, 0.2) is 41.2 Å². The summed E-state index contributed by atoms with van der Waals surface area (Å²) in [7, 11) is 0. The molecule has 0 aliphatic carbocycles. The summed E-state index contributed by atoms with van der Waals surface area (Å²) in [6.45, 7) is 0. The third-order valence-electron chi connectivity index (χ3n) is 3.27. The molecule has 2 aromatic heterocycles. The fourth-order valence-electron chi connectivity index (χ4n) is 2.17. The summed E-state index contributed by atoms with van der Waals surface area (Å²) >= 11 is 0. The molecule has 0 amide bonds. The van der Waals surface area contributed by atoms with Gasteiger partial charge in [0, 0.05) is 0 Å². The zero-order valence-electron chi connectivity index (χ0n) is 11.4. The average molecular weight is 293 g/mol. The smallest absolute Gasteiger partial charge is 0.283 e. The number of hydrogen-bond donors (Lipinski definition) is 2. The molecule has 0 saturated carbocycles. The third-order valence-corrected chi connectivity index (χ3v) is 3.27. The monoisotopic (exact) mass is 293 g/mol. The van der Waals surface area contributed by atoms with Crippen LogP contribution in [0.25, 0.3) is 11.0 Å². The Morgan fingerprint density at radius 2 is 2.09 bits per heavy atom. The molecule has 0 radical (unpaired) electrons. The van der Waals surface area contributed by atoms with Crippen LogP contribution in [0.3, 0.4) is 0 Å². The van der Waals surface area contributed by atoms with Gasteiger partial charge in [-0.05, 0) is 11.6 Å². The highest BCUT2D eigenvalue weighted by molar-refractivity contribution is 5.86. The van der Waals surface area contributed by atoms with Crippen molar-refractivity contribution in [2.75, 3.05) is 5.73 Å². The Hall–Kier alpha value is -3.40. The van der Waals surface area contributed by atoms with E-state index >= 15 is 0 Å². The predicted octanol–water partition coefficient (Wildman–Crippen LogP) is 1.06. The minimum atomic E-state index is -0.542. The van der Waals surface area contributed by atoms with Crippen molar-refractivity contribution in [3.63, 3.8) is 0 Å². The maximum Gasteiger partial charge on any atom is 0.283 e. The van der Waals surface area contributed by atoms with Gasteiger partial charge in [-0.15, -0.1) is 0 Å². The average Bonchev–Trinajstić information content (AvgIpc) is 2.83. The minimum absolute atomic E-state index is 0.0129. The van der Waals surface area contributed by atoms with E-state index < -0.39 is 11.5 Å². The number of carbonyl (C=O) groups excluding carboxylic acids is 1. The van der Waals surface area contributed by atoms with Crippen molar-refractivity contribution < 1.29 is 4.79 Å². The van der Waals surface area contributed by atoms with E-state index in [1.807, 2.05) is 24.3 Å². The lowest BCUT2D eigenvalue weighted by atomic mass is 10.1. The number of nitrogens with zero attached hydrogens (tertiary/aromatic N) is 3. The van der Waals surface area contributed by atoms with Crippen LogP contribution in [0.4, 0.5) is 5.82 Å². The van der Waals surface area contributed by atoms with Crippen LogP contribution in [0.2, 0.25) is 0 Å². The number of hydrogen-bond acceptors (Lipinski definition) is 5. The Labute approximate surface area is 124 Å². The number of nitrogens with one attached hydrogen (secondary N) is 1. The Morgan fingerprint density at radius 3 is 2.77 bits per heavy atom. The molecule has 3 aromatic rings. The maximum absolute atomic E-state index is 12.3. The van der Waals surface area contributed by atoms with Crippen LogP contribution in [0, 0.1) is 11.3 Å². The maximum atomic E-state index is 12.3. The van der Waals surface area contributed by atoms with Gasteiger partial charge in [0.2, 0.25) is 0 Å². The number of nitriles is 1. The van der Waals surface area contributed by atoms with Gasteiger partial charge in [0.05, 0.1) is 17.4 Å². The Balaban J connectivity index is 2.05. The zero-order chi connectivity index (χ0) is 15.7. The molecule has 0 saturated heterocycles. The number of nitrogen functional groups attached to an aromatic ring is 1. The number of carbonyl (C=O) groups is 1. The molecule has 108 valence electrons. The number of fused-ring (bicyclic) bond motifs is 1. The van der Waals surface area contributed by atoms with E-state index in [-0.39, 0.29) is 28.8 Å². The Bertz CT molecular complexity index is 963. The second-order valence-corrected chi connectivity index (χ2v) is 4.74. The van der Waals surface area contributed by atoms with E-state index in [0.29, 0.717) is 0 Å². The van der Waals surface area contributed by atoms with Gasteiger partial charge in [0.15, 0.2) is 5.65 Å². The quantitative estimate of drug-likeness (QED) is 0.732. The summed E-state index contributed by atoms with van der Waals surface area (Å²) in [5.74, 6) is -0.398. The van der Waals surface area contributed by atoms with Crippen molar-refractivity contribution in [3.8, 4) is 6.07 Å². The standard InChI is InChI=1S/C15H11N5O2/c16-8-10-7-11-14(18-13(10)17)19-20(15(11)22)12(21)6-9-4-2-1-3-5-9/h1-5,7H,6H2,(H3,17,18,19). The number of H-pyrrole nitrogens is 1. The van der Waals surface area contributed by atoms with Crippen LogP contribution < -0.4 is 11.3 Å². The SMILES string of the molecule is N#Cc1cc2c(=O)n(C(=O)Cc3ccccc3)[nH]c2nc1N. The second kappa shape index (κ2) is 5.18. The van der Waals surface area contributed by atoms with Crippen LogP contribution in [-0.4, -0.2) is 20.7 Å². The normalized spacial score (nSPS) is 10.5. The van der Waals surface area contributed by atoms with Crippen molar-refractivity contribution in [2.24, 2.45) is 0 Å². The van der Waals surface area contributed by atoms with E-state index in [4.69, 9.17) is 11.0 Å². The molecule has 0 atom stereocenters. The molecule has 0 unspecified atom stereocenters. The number of rotatable bonds is 2. The summed E-state index contributed by atoms with van der Waals surface area (Å²) < 4.78 is 0.894. The molecule has 0 fully saturated rings. The molecule has 3 N–H and O–H groups in total. The van der Waals surface area contributed by atoms with Crippen molar-refractivity contribution in [3.05, 3.63) is 57.9 Å². The van der Waals surface area contributed by atoms with E-state index in [0.717, 1.165) is 10.2 Å². The number of nitrogens with two attached hydrogens (primary N) is 1. The highest BCUT2D eigenvalue weighted by Crippen LogP contribution is 2.13. The van der Waals surface area contributed by atoms with Gasteiger partial charge in [-0.3, -0.25) is 14.7 Å². The summed E-state index contributed by atoms with van der Waals surface area (Å²) in [6, 6.07) is 12.3. The first kappa shape index (κ1) is 13.6. The largest absolute Gasteiger partial charge is 0.383 e. The molecule has 7 heteroatoms. The molecule has 22 heavy (non-hydrogen) atoms. The van der Waals surface area contributed by atoms with E-state index in [9.17, 15) is 9.59 Å². The Morgan fingerprint density at radius 1 is 1.36 bits per heavy atom. The van der Waals surface area contributed by atoms with Gasteiger partial charge < -0.3 is 5.73 Å². The topological polar surface area (TPSA) is 118 Å². The first-order valence-corrected chi connectivity index (χ1v) is 6.48. The molecule has 1 aromatic carbocycles. The lowest BCUT2D eigenvalue weighted by Crippen LogP contribution is -2.25. The summed E-state index contributed by atoms with van der Waals surface area (Å²) in [5.41, 5.74) is 6.15. The molecule has 0 aliphatic rings. The van der Waals surface area contributed by atoms with Crippen molar-refractivity contribution in [1.82, 2.24) is 14.8 Å². The van der Waals surface area contributed by atoms with Gasteiger partial charge in [-0.2, -0.15) is 9.94 Å². The van der Waals surface area contributed by atoms with Gasteiger partial charge in [0.1, 0.15) is 11.9 Å². The lowest BCUT2D eigenvalue weighted by Gasteiger charge is -2.00. The highest BCUT2D eigenvalue weighted by Gasteiger charge is 2.16. The van der Waals surface area contributed by atoms with E-state index in [2.05, 4.69) is 10.1 Å². The van der Waals surface area contributed by atoms with E-state index in [1.54, 1.807) is 12.1 Å². The lowest BCUT2D eigenvalue weighted by molar-refractivity contribution is 0.0895. The second-order valence-electron chi connectivity index (χ2n) is 4.74. The van der Waals surface area contributed by atoms with Gasteiger partial charge in [-0.1, -0.05) is 30.3 Å². The molecular formula is C15H11N5O2. The number of pyridine rings is 1. The first-order valence-electron chi connectivity index (χ1n) is 6.48. The van der Waals surface area contributed by atoms with Crippen LogP contribution in [0.1, 0.15) is 15.9 Å². The molecule has 7 nitrogen and oxygen atoms in total. The molecule has 0 spiro atoms. The number of anilines is 1. The van der Waals surface area contributed by atoms with Crippen molar-refractivity contribution in [2.45, 2.75) is 6.42 Å². The summed E-state index contributed by atoms with van der Waals surface area (Å²) in [6.07, 6.45) is 0.0775. The fraction of sp³-hybridized carbons (Fsp3) is 0.0667. The van der Waals surface area contributed by atoms with Gasteiger partial charge in [0.25, 0.3) is 11.5 Å². The molecule has 0 bridgehead atoms. The molecular weight excluding hydrogens is 282 g/mol. The molecule has 3 rings (SSSR count). The Kier molecular flexibility index (Phi) is 3.20. The summed E-state index contributed by atoms with van der Waals surface area (Å²) in [4.78, 5) is 28.5. The van der Waals surface area contributed by atoms with Gasteiger partial charge in [-0.25, -0.2) is 4.98 Å². The van der Waals surface area contributed by atoms with Gasteiger partial charge >= 0.3 is 0 Å². The van der Waals surface area contributed by atoms with Crippen LogP contribution in [0.5, 0.6) is 0 Å². The van der Waals surface area contributed by atoms with Crippen LogP contribution in [-0.2, 0) is 6.42 Å². The third kappa shape index (κ3) is 2.23. The first-order chi connectivity index (χ1) is 10.6. The zero-order valence-corrected chi connectivity index (χ0v) is 11.4. The molecule has 0 aliphatic heterocycles. The van der Waals surface area contributed by atoms with Crippen molar-refractivity contribution in [1.29, 1.82) is 5.26 Å². The van der Waals surface area contributed by atoms with Crippen LogP contribution >= 0.6 is 0 Å². The molecule has 2 heterocycles. The minimum Gasteiger partial charge on any atom is -0.383 e. The summed E-state index contributed by atoms with van der Waals surface area (Å²) in [5, 5.41) is 11.7. The number of benzene rings is 1. The van der Waals surface area contributed by atoms with E-state index in [1.165, 1.54) is 6.07 Å². The highest BCUT2D eigenvalue weighted by atomic mass is 16.2. The van der Waals surface area contributed by atoms with Crippen molar-refractivity contribution >= 4 is 22.8 Å².